The minimum atomic E-state index is -0.707. The highest BCUT2D eigenvalue weighted by Gasteiger charge is 2.34. The van der Waals surface area contributed by atoms with Crippen molar-refractivity contribution in [1.29, 1.82) is 0 Å². The molecule has 0 amide bonds. The zero-order valence-electron chi connectivity index (χ0n) is 10.3. The fraction of sp³-hybridized carbons (Fsp3) is 0.500. The van der Waals surface area contributed by atoms with Crippen molar-refractivity contribution in [2.75, 3.05) is 0 Å². The van der Waals surface area contributed by atoms with Crippen LogP contribution in [0.2, 0.25) is 0 Å². The van der Waals surface area contributed by atoms with E-state index in [-0.39, 0.29) is 17.0 Å². The summed E-state index contributed by atoms with van der Waals surface area (Å²) >= 11 is 1.57. The molecule has 1 aliphatic carbocycles. The van der Waals surface area contributed by atoms with Crippen molar-refractivity contribution in [3.8, 4) is 0 Å². The first-order valence-electron chi connectivity index (χ1n) is 6.21. The highest BCUT2D eigenvalue weighted by atomic mass is 32.2. The Morgan fingerprint density at radius 1 is 1.33 bits per heavy atom. The number of rotatable bonds is 3. The molecule has 2 rings (SSSR count). The highest BCUT2D eigenvalue weighted by molar-refractivity contribution is 8.00. The van der Waals surface area contributed by atoms with E-state index in [0.29, 0.717) is 5.92 Å². The molecule has 0 aliphatic heterocycles. The minimum Gasteiger partial charge on any atom is -0.481 e. The second-order valence-corrected chi connectivity index (χ2v) is 6.29. The predicted octanol–water partition coefficient (Wildman–Crippen LogP) is 3.81. The minimum absolute atomic E-state index is 0.0942. The largest absolute Gasteiger partial charge is 0.481 e. The summed E-state index contributed by atoms with van der Waals surface area (Å²) < 4.78 is 12.8. The van der Waals surface area contributed by atoms with Gasteiger partial charge in [0.25, 0.3) is 0 Å². The van der Waals surface area contributed by atoms with Gasteiger partial charge >= 0.3 is 5.97 Å². The van der Waals surface area contributed by atoms with Crippen molar-refractivity contribution in [1.82, 2.24) is 0 Å². The summed E-state index contributed by atoms with van der Waals surface area (Å²) in [6.07, 6.45) is 2.64. The highest BCUT2D eigenvalue weighted by Crippen LogP contribution is 2.39. The molecule has 1 saturated carbocycles. The standard InChI is InChI=1S/C14H17FO2S/c1-9-2-7-12(14(16)17)13(8-9)18-11-5-3-10(15)4-6-11/h3-6,9,12-13H,2,7-8H2,1H3,(H,16,17). The van der Waals surface area contributed by atoms with Crippen LogP contribution in [-0.2, 0) is 4.79 Å². The van der Waals surface area contributed by atoms with Crippen LogP contribution in [0.1, 0.15) is 26.2 Å². The first-order chi connectivity index (χ1) is 8.56. The van der Waals surface area contributed by atoms with Gasteiger partial charge in [-0.05, 0) is 49.4 Å². The van der Waals surface area contributed by atoms with Crippen LogP contribution >= 0.6 is 11.8 Å². The fourth-order valence-electron chi connectivity index (χ4n) is 2.43. The third-order valence-corrected chi connectivity index (χ3v) is 4.84. The molecule has 0 saturated heterocycles. The van der Waals surface area contributed by atoms with Crippen LogP contribution in [0, 0.1) is 17.7 Å². The Morgan fingerprint density at radius 2 is 2.00 bits per heavy atom. The normalized spacial score (nSPS) is 28.0. The topological polar surface area (TPSA) is 37.3 Å². The molecule has 1 fully saturated rings. The van der Waals surface area contributed by atoms with Crippen LogP contribution in [-0.4, -0.2) is 16.3 Å². The SMILES string of the molecule is CC1CCC(C(=O)O)C(Sc2ccc(F)cc2)C1. The first-order valence-corrected chi connectivity index (χ1v) is 7.09. The van der Waals surface area contributed by atoms with E-state index in [2.05, 4.69) is 6.92 Å². The van der Waals surface area contributed by atoms with E-state index in [0.717, 1.165) is 24.2 Å². The van der Waals surface area contributed by atoms with Gasteiger partial charge in [-0.2, -0.15) is 0 Å². The smallest absolute Gasteiger partial charge is 0.307 e. The average molecular weight is 268 g/mol. The second-order valence-electron chi connectivity index (χ2n) is 4.97. The molecule has 0 spiro atoms. The molecule has 98 valence electrons. The van der Waals surface area contributed by atoms with Crippen LogP contribution in [0.25, 0.3) is 0 Å². The van der Waals surface area contributed by atoms with Gasteiger partial charge in [0.1, 0.15) is 5.82 Å². The molecule has 0 radical (unpaired) electrons. The molecule has 3 unspecified atom stereocenters. The number of aliphatic carboxylic acids is 1. The summed E-state index contributed by atoms with van der Waals surface area (Å²) in [4.78, 5) is 12.2. The maximum Gasteiger partial charge on any atom is 0.307 e. The van der Waals surface area contributed by atoms with Crippen LogP contribution in [0.5, 0.6) is 0 Å². The zero-order chi connectivity index (χ0) is 13.1. The molecule has 0 aromatic heterocycles. The third kappa shape index (κ3) is 3.25. The molecule has 1 N–H and O–H groups in total. The fourth-order valence-corrected chi connectivity index (χ4v) is 3.91. The van der Waals surface area contributed by atoms with Gasteiger partial charge in [-0.1, -0.05) is 6.92 Å². The van der Waals surface area contributed by atoms with Crippen molar-refractivity contribution >= 4 is 17.7 Å². The predicted molar refractivity (Wildman–Crippen MR) is 70.2 cm³/mol. The molecule has 1 aromatic rings. The van der Waals surface area contributed by atoms with E-state index in [9.17, 15) is 14.3 Å². The molecule has 1 aliphatic rings. The molecular weight excluding hydrogens is 251 g/mol. The number of thioether (sulfide) groups is 1. The Bertz CT molecular complexity index is 418. The van der Waals surface area contributed by atoms with Gasteiger partial charge < -0.3 is 5.11 Å². The van der Waals surface area contributed by atoms with Gasteiger partial charge in [-0.3, -0.25) is 4.79 Å². The summed E-state index contributed by atoms with van der Waals surface area (Å²) in [7, 11) is 0. The third-order valence-electron chi connectivity index (χ3n) is 3.47. The molecule has 0 bridgehead atoms. The van der Waals surface area contributed by atoms with Gasteiger partial charge in [0, 0.05) is 10.1 Å². The molecule has 4 heteroatoms. The van der Waals surface area contributed by atoms with Crippen LogP contribution in [0.4, 0.5) is 4.39 Å². The summed E-state index contributed by atoms with van der Waals surface area (Å²) in [6, 6.07) is 6.28. The maximum atomic E-state index is 12.8. The van der Waals surface area contributed by atoms with Gasteiger partial charge in [0.2, 0.25) is 0 Å². The molecule has 1 aromatic carbocycles. The van der Waals surface area contributed by atoms with Crippen molar-refractivity contribution in [3.63, 3.8) is 0 Å². The number of hydrogen-bond acceptors (Lipinski definition) is 2. The van der Waals surface area contributed by atoms with E-state index in [1.165, 1.54) is 12.1 Å². The van der Waals surface area contributed by atoms with Gasteiger partial charge in [0.15, 0.2) is 0 Å². The van der Waals surface area contributed by atoms with Gasteiger partial charge in [-0.25, -0.2) is 4.39 Å². The Kier molecular flexibility index (Phi) is 4.27. The number of benzene rings is 1. The monoisotopic (exact) mass is 268 g/mol. The Balaban J connectivity index is 2.08. The lowest BCUT2D eigenvalue weighted by atomic mass is 9.82. The lowest BCUT2D eigenvalue weighted by molar-refractivity contribution is -0.142. The zero-order valence-corrected chi connectivity index (χ0v) is 11.1. The quantitative estimate of drug-likeness (QED) is 0.905. The number of halogens is 1. The van der Waals surface area contributed by atoms with Crippen LogP contribution in [0.3, 0.4) is 0 Å². The van der Waals surface area contributed by atoms with E-state index in [4.69, 9.17) is 0 Å². The Labute approximate surface area is 111 Å². The molecule has 18 heavy (non-hydrogen) atoms. The molecule has 3 atom stereocenters. The first kappa shape index (κ1) is 13.4. The number of hydrogen-bond donors (Lipinski definition) is 1. The van der Waals surface area contributed by atoms with Crippen LogP contribution in [0.15, 0.2) is 29.2 Å². The van der Waals surface area contributed by atoms with E-state index in [1.807, 2.05) is 0 Å². The number of carboxylic acids is 1. The summed E-state index contributed by atoms with van der Waals surface area (Å²) in [5.74, 6) is -0.678. The maximum absolute atomic E-state index is 12.8. The van der Waals surface area contributed by atoms with Crippen molar-refractivity contribution < 1.29 is 14.3 Å². The Hall–Kier alpha value is -1.03. The second kappa shape index (κ2) is 5.74. The van der Waals surface area contributed by atoms with Crippen molar-refractivity contribution in [2.24, 2.45) is 11.8 Å². The lowest BCUT2D eigenvalue weighted by Gasteiger charge is -2.31. The number of carbonyl (C=O) groups is 1. The van der Waals surface area contributed by atoms with Crippen molar-refractivity contribution in [3.05, 3.63) is 30.1 Å². The van der Waals surface area contributed by atoms with Crippen molar-refractivity contribution in [2.45, 2.75) is 36.3 Å². The summed E-state index contributed by atoms with van der Waals surface area (Å²) in [6.45, 7) is 2.16. The van der Waals surface area contributed by atoms with E-state index in [1.54, 1.807) is 23.9 Å². The number of carboxylic acid groups (broad SMARTS) is 1. The van der Waals surface area contributed by atoms with E-state index >= 15 is 0 Å². The average Bonchev–Trinajstić information content (AvgIpc) is 2.32. The lowest BCUT2D eigenvalue weighted by Crippen LogP contribution is -2.32. The molecular formula is C14H17FO2S. The summed E-state index contributed by atoms with van der Waals surface area (Å²) in [5, 5.41) is 9.34. The van der Waals surface area contributed by atoms with Crippen LogP contribution < -0.4 is 0 Å². The molecule has 0 heterocycles. The summed E-state index contributed by atoms with van der Waals surface area (Å²) in [5.41, 5.74) is 0. The van der Waals surface area contributed by atoms with Gasteiger partial charge in [-0.15, -0.1) is 11.8 Å². The van der Waals surface area contributed by atoms with E-state index < -0.39 is 5.97 Å². The van der Waals surface area contributed by atoms with Gasteiger partial charge in [0.05, 0.1) is 5.92 Å². The molecule has 2 nitrogen and oxygen atoms in total. The Morgan fingerprint density at radius 3 is 2.61 bits per heavy atom.